The first kappa shape index (κ1) is 18.1. The van der Waals surface area contributed by atoms with E-state index in [4.69, 9.17) is 11.6 Å². The lowest BCUT2D eigenvalue weighted by Crippen LogP contribution is -2.17. The third-order valence-corrected chi connectivity index (χ3v) is 3.34. The summed E-state index contributed by atoms with van der Waals surface area (Å²) < 4.78 is 39.1. The minimum Gasteiger partial charge on any atom is -0.340 e. The minimum absolute atomic E-state index is 0.00687. The van der Waals surface area contributed by atoms with Crippen LogP contribution in [-0.4, -0.2) is 10.9 Å². The Labute approximate surface area is 142 Å². The van der Waals surface area contributed by atoms with E-state index in [1.807, 2.05) is 0 Å². The molecule has 0 radical (unpaired) electrons. The van der Waals surface area contributed by atoms with Crippen LogP contribution in [0, 0.1) is 5.92 Å². The highest BCUT2D eigenvalue weighted by molar-refractivity contribution is 6.30. The molecule has 0 fully saturated rings. The number of halogens is 4. The van der Waals surface area contributed by atoms with Gasteiger partial charge in [0.1, 0.15) is 5.82 Å². The van der Waals surface area contributed by atoms with Gasteiger partial charge in [-0.3, -0.25) is 4.79 Å². The number of hydrogen-bond donors (Lipinski definition) is 2. The van der Waals surface area contributed by atoms with E-state index in [2.05, 4.69) is 15.6 Å². The van der Waals surface area contributed by atoms with Crippen LogP contribution < -0.4 is 10.6 Å². The molecule has 1 heterocycles. The SMILES string of the molecule is CC(C)C(=O)Nc1ccc(Nc2ccc(Cl)cc2C(F)(F)F)nc1. The summed E-state index contributed by atoms with van der Waals surface area (Å²) in [5.74, 6) is -0.147. The molecule has 2 rings (SSSR count). The number of carbonyl (C=O) groups excluding carboxylic acids is 1. The molecule has 2 aromatic rings. The Balaban J connectivity index is 2.19. The van der Waals surface area contributed by atoms with E-state index in [9.17, 15) is 18.0 Å². The van der Waals surface area contributed by atoms with Crippen molar-refractivity contribution in [3.8, 4) is 0 Å². The molecule has 2 N–H and O–H groups in total. The van der Waals surface area contributed by atoms with Crippen molar-refractivity contribution in [2.24, 2.45) is 5.92 Å². The number of nitrogens with one attached hydrogen (secondary N) is 2. The molecule has 1 aromatic carbocycles. The lowest BCUT2D eigenvalue weighted by molar-refractivity contribution is -0.136. The van der Waals surface area contributed by atoms with Gasteiger partial charge in [0.05, 0.1) is 23.1 Å². The molecule has 0 atom stereocenters. The molecule has 0 aliphatic carbocycles. The fourth-order valence-corrected chi connectivity index (χ4v) is 2.00. The van der Waals surface area contributed by atoms with E-state index in [1.54, 1.807) is 19.9 Å². The molecular weight excluding hydrogens is 343 g/mol. The number of carbonyl (C=O) groups is 1. The van der Waals surface area contributed by atoms with Gasteiger partial charge in [-0.15, -0.1) is 0 Å². The number of pyridine rings is 1. The molecule has 4 nitrogen and oxygen atoms in total. The molecule has 1 aromatic heterocycles. The molecule has 0 saturated heterocycles. The molecule has 1 amide bonds. The molecule has 8 heteroatoms. The predicted molar refractivity (Wildman–Crippen MR) is 87.4 cm³/mol. The number of benzene rings is 1. The second kappa shape index (κ2) is 7.09. The summed E-state index contributed by atoms with van der Waals surface area (Å²) in [6, 6.07) is 6.47. The van der Waals surface area contributed by atoms with E-state index in [0.717, 1.165) is 6.07 Å². The lowest BCUT2D eigenvalue weighted by Gasteiger charge is -2.15. The molecular formula is C16H15ClF3N3O. The normalized spacial score (nSPS) is 11.5. The molecule has 0 aliphatic rings. The predicted octanol–water partition coefficient (Wildman–Crippen LogP) is 5.09. The maximum Gasteiger partial charge on any atom is 0.418 e. The van der Waals surface area contributed by atoms with E-state index < -0.39 is 11.7 Å². The van der Waals surface area contributed by atoms with Gasteiger partial charge >= 0.3 is 6.18 Å². The first-order chi connectivity index (χ1) is 11.2. The Bertz CT molecular complexity index is 730. The van der Waals surface area contributed by atoms with Gasteiger partial charge < -0.3 is 10.6 Å². The quantitative estimate of drug-likeness (QED) is 0.801. The van der Waals surface area contributed by atoms with Crippen molar-refractivity contribution in [1.82, 2.24) is 4.98 Å². The molecule has 128 valence electrons. The average Bonchev–Trinajstić information content (AvgIpc) is 2.49. The van der Waals surface area contributed by atoms with Gasteiger partial charge in [0, 0.05) is 10.9 Å². The smallest absolute Gasteiger partial charge is 0.340 e. The highest BCUT2D eigenvalue weighted by Crippen LogP contribution is 2.37. The lowest BCUT2D eigenvalue weighted by atomic mass is 10.1. The van der Waals surface area contributed by atoms with Crippen molar-refractivity contribution >= 4 is 34.7 Å². The zero-order chi connectivity index (χ0) is 17.9. The summed E-state index contributed by atoms with van der Waals surface area (Å²) in [4.78, 5) is 15.6. The van der Waals surface area contributed by atoms with Crippen LogP contribution in [0.3, 0.4) is 0 Å². The summed E-state index contributed by atoms with van der Waals surface area (Å²) in [6.07, 6.45) is -3.18. The molecule has 0 saturated carbocycles. The summed E-state index contributed by atoms with van der Waals surface area (Å²) in [7, 11) is 0. The Kier molecular flexibility index (Phi) is 5.33. The van der Waals surface area contributed by atoms with Gasteiger partial charge in [0.25, 0.3) is 0 Å². The standard InChI is InChI=1S/C16H15ClF3N3O/c1-9(2)15(24)22-11-4-6-14(21-8-11)23-13-5-3-10(17)7-12(13)16(18,19)20/h3-9H,1-2H3,(H,21,23)(H,22,24). The van der Waals surface area contributed by atoms with Crippen molar-refractivity contribution in [2.75, 3.05) is 10.6 Å². The highest BCUT2D eigenvalue weighted by atomic mass is 35.5. The topological polar surface area (TPSA) is 54.0 Å². The second-order valence-corrected chi connectivity index (χ2v) is 5.83. The maximum absolute atomic E-state index is 13.0. The Morgan fingerprint density at radius 2 is 1.92 bits per heavy atom. The van der Waals surface area contributed by atoms with Gasteiger partial charge in [0.2, 0.25) is 5.91 Å². The Morgan fingerprint density at radius 3 is 2.46 bits per heavy atom. The third kappa shape index (κ3) is 4.61. The van der Waals surface area contributed by atoms with E-state index >= 15 is 0 Å². The summed E-state index contributed by atoms with van der Waals surface area (Å²) >= 11 is 5.64. The van der Waals surface area contributed by atoms with Gasteiger partial charge in [-0.2, -0.15) is 13.2 Å². The summed E-state index contributed by atoms with van der Waals surface area (Å²) in [6.45, 7) is 3.50. The zero-order valence-electron chi connectivity index (χ0n) is 12.9. The van der Waals surface area contributed by atoms with Gasteiger partial charge in [-0.05, 0) is 30.3 Å². The van der Waals surface area contributed by atoms with Crippen LogP contribution in [-0.2, 0) is 11.0 Å². The number of anilines is 3. The number of alkyl halides is 3. The van der Waals surface area contributed by atoms with Crippen LogP contribution in [0.2, 0.25) is 5.02 Å². The van der Waals surface area contributed by atoms with Crippen molar-refractivity contribution in [1.29, 1.82) is 0 Å². The van der Waals surface area contributed by atoms with Crippen molar-refractivity contribution < 1.29 is 18.0 Å². The first-order valence-corrected chi connectivity index (χ1v) is 7.45. The van der Waals surface area contributed by atoms with Crippen LogP contribution >= 0.6 is 11.6 Å². The molecule has 0 aliphatic heterocycles. The fraction of sp³-hybridized carbons (Fsp3) is 0.250. The second-order valence-electron chi connectivity index (χ2n) is 5.39. The number of nitrogens with zero attached hydrogens (tertiary/aromatic N) is 1. The van der Waals surface area contributed by atoms with Gasteiger partial charge in [0.15, 0.2) is 0 Å². The van der Waals surface area contributed by atoms with E-state index in [0.29, 0.717) is 5.69 Å². The number of aromatic nitrogens is 1. The molecule has 0 bridgehead atoms. The fourth-order valence-electron chi connectivity index (χ4n) is 1.83. The average molecular weight is 358 g/mol. The van der Waals surface area contributed by atoms with Gasteiger partial charge in [-0.25, -0.2) is 4.98 Å². The molecule has 0 spiro atoms. The maximum atomic E-state index is 13.0. The van der Waals surface area contributed by atoms with Crippen LogP contribution in [0.5, 0.6) is 0 Å². The van der Waals surface area contributed by atoms with E-state index in [-0.39, 0.29) is 28.4 Å². The number of hydrogen-bond acceptors (Lipinski definition) is 3. The zero-order valence-corrected chi connectivity index (χ0v) is 13.7. The number of amides is 1. The monoisotopic (exact) mass is 357 g/mol. The van der Waals surface area contributed by atoms with Crippen LogP contribution in [0.1, 0.15) is 19.4 Å². The third-order valence-electron chi connectivity index (χ3n) is 3.11. The minimum atomic E-state index is -4.54. The summed E-state index contributed by atoms with van der Waals surface area (Å²) in [5.41, 5.74) is -0.571. The van der Waals surface area contributed by atoms with Crippen LogP contribution in [0.25, 0.3) is 0 Å². The largest absolute Gasteiger partial charge is 0.418 e. The first-order valence-electron chi connectivity index (χ1n) is 7.07. The van der Waals surface area contributed by atoms with Gasteiger partial charge in [-0.1, -0.05) is 25.4 Å². The Hall–Kier alpha value is -2.28. The molecule has 0 unspecified atom stereocenters. The van der Waals surface area contributed by atoms with Crippen molar-refractivity contribution in [2.45, 2.75) is 20.0 Å². The molecule has 24 heavy (non-hydrogen) atoms. The van der Waals surface area contributed by atoms with Crippen LogP contribution in [0.4, 0.5) is 30.4 Å². The van der Waals surface area contributed by atoms with E-state index in [1.165, 1.54) is 24.4 Å². The van der Waals surface area contributed by atoms with Crippen molar-refractivity contribution in [3.63, 3.8) is 0 Å². The highest BCUT2D eigenvalue weighted by Gasteiger charge is 2.33. The summed E-state index contributed by atoms with van der Waals surface area (Å²) in [5, 5.41) is 5.25. The Morgan fingerprint density at radius 1 is 1.21 bits per heavy atom. The number of rotatable bonds is 4. The van der Waals surface area contributed by atoms with Crippen molar-refractivity contribution in [3.05, 3.63) is 47.1 Å². The van der Waals surface area contributed by atoms with Crippen LogP contribution in [0.15, 0.2) is 36.5 Å².